The number of thiazole rings is 1. The number of aromatic nitrogens is 3. The molecular formula is C16H16N4O4S. The summed E-state index contributed by atoms with van der Waals surface area (Å²) in [5.41, 5.74) is -0.100. The molecule has 130 valence electrons. The van der Waals surface area contributed by atoms with Crippen LogP contribution in [0.4, 0.5) is 10.6 Å². The van der Waals surface area contributed by atoms with Crippen LogP contribution in [0.1, 0.15) is 31.1 Å². The molecular weight excluding hydrogens is 344 g/mol. The Kier molecular flexibility index (Phi) is 4.17. The maximum atomic E-state index is 12.1. The van der Waals surface area contributed by atoms with Gasteiger partial charge in [0.25, 0.3) is 0 Å². The summed E-state index contributed by atoms with van der Waals surface area (Å²) < 4.78 is 7.41. The molecule has 0 aliphatic rings. The third-order valence-corrected chi connectivity index (χ3v) is 4.09. The molecule has 2 heterocycles. The molecule has 2 aromatic heterocycles. The van der Waals surface area contributed by atoms with Gasteiger partial charge in [-0.3, -0.25) is 5.32 Å². The zero-order chi connectivity index (χ0) is 18.2. The number of fused-ring (bicyclic) bond motifs is 1. The van der Waals surface area contributed by atoms with E-state index in [9.17, 15) is 14.7 Å². The third kappa shape index (κ3) is 3.61. The summed E-state index contributed by atoms with van der Waals surface area (Å²) in [7, 11) is 0. The minimum Gasteiger partial charge on any atom is -0.477 e. The SMILES string of the molecule is CC(C)(C)OC(=O)Nc1c(C(=O)O)cnn1-c1nc2ccccc2s1. The molecule has 0 bridgehead atoms. The summed E-state index contributed by atoms with van der Waals surface area (Å²) in [6, 6.07) is 7.49. The Morgan fingerprint density at radius 1 is 1.28 bits per heavy atom. The van der Waals surface area contributed by atoms with Gasteiger partial charge in [0.05, 0.1) is 16.4 Å². The summed E-state index contributed by atoms with van der Waals surface area (Å²) >= 11 is 1.33. The number of rotatable bonds is 3. The summed E-state index contributed by atoms with van der Waals surface area (Å²) in [4.78, 5) is 27.9. The van der Waals surface area contributed by atoms with Gasteiger partial charge >= 0.3 is 12.1 Å². The number of para-hydroxylation sites is 1. The number of nitrogens with one attached hydrogen (secondary N) is 1. The van der Waals surface area contributed by atoms with E-state index in [1.807, 2.05) is 24.3 Å². The number of carboxylic acid groups (broad SMARTS) is 1. The lowest BCUT2D eigenvalue weighted by atomic mass is 10.2. The number of nitrogens with zero attached hydrogens (tertiary/aromatic N) is 3. The van der Waals surface area contributed by atoms with Gasteiger partial charge in [-0.25, -0.2) is 14.6 Å². The van der Waals surface area contributed by atoms with Gasteiger partial charge < -0.3 is 9.84 Å². The van der Waals surface area contributed by atoms with Crippen LogP contribution in [0.5, 0.6) is 0 Å². The minimum atomic E-state index is -1.21. The largest absolute Gasteiger partial charge is 0.477 e. The summed E-state index contributed by atoms with van der Waals surface area (Å²) in [6.07, 6.45) is 0.402. The second-order valence-electron chi connectivity index (χ2n) is 6.21. The molecule has 0 saturated carbocycles. The first kappa shape index (κ1) is 16.9. The molecule has 0 spiro atoms. The van der Waals surface area contributed by atoms with E-state index >= 15 is 0 Å². The Morgan fingerprint density at radius 2 is 2.00 bits per heavy atom. The Balaban J connectivity index is 2.02. The van der Waals surface area contributed by atoms with E-state index in [4.69, 9.17) is 4.74 Å². The van der Waals surface area contributed by atoms with Gasteiger partial charge in [0, 0.05) is 0 Å². The highest BCUT2D eigenvalue weighted by molar-refractivity contribution is 7.20. The monoisotopic (exact) mass is 360 g/mol. The highest BCUT2D eigenvalue weighted by atomic mass is 32.1. The first-order valence-electron chi connectivity index (χ1n) is 7.42. The van der Waals surface area contributed by atoms with Gasteiger partial charge in [-0.05, 0) is 32.9 Å². The van der Waals surface area contributed by atoms with Crippen LogP contribution in [-0.4, -0.2) is 37.5 Å². The predicted molar refractivity (Wildman–Crippen MR) is 93.6 cm³/mol. The van der Waals surface area contributed by atoms with Gasteiger partial charge in [0.2, 0.25) is 5.13 Å². The first-order valence-corrected chi connectivity index (χ1v) is 8.23. The van der Waals surface area contributed by atoms with Crippen LogP contribution in [0.3, 0.4) is 0 Å². The third-order valence-electron chi connectivity index (χ3n) is 3.08. The molecule has 0 aliphatic carbocycles. The van der Waals surface area contributed by atoms with Crippen molar-refractivity contribution >= 4 is 39.4 Å². The van der Waals surface area contributed by atoms with Crippen molar-refractivity contribution in [1.82, 2.24) is 14.8 Å². The van der Waals surface area contributed by atoms with Crippen molar-refractivity contribution in [3.63, 3.8) is 0 Å². The first-order chi connectivity index (χ1) is 11.7. The van der Waals surface area contributed by atoms with Crippen LogP contribution in [-0.2, 0) is 4.74 Å². The van der Waals surface area contributed by atoms with Gasteiger partial charge in [-0.2, -0.15) is 9.78 Å². The average Bonchev–Trinajstić information content (AvgIpc) is 3.08. The Morgan fingerprint density at radius 3 is 2.64 bits per heavy atom. The van der Waals surface area contributed by atoms with Gasteiger partial charge in [0.1, 0.15) is 11.2 Å². The second kappa shape index (κ2) is 6.17. The van der Waals surface area contributed by atoms with Gasteiger partial charge in [-0.1, -0.05) is 23.5 Å². The topological polar surface area (TPSA) is 106 Å². The molecule has 0 fully saturated rings. The number of ether oxygens (including phenoxy) is 1. The lowest BCUT2D eigenvalue weighted by Gasteiger charge is -2.19. The van der Waals surface area contributed by atoms with E-state index in [-0.39, 0.29) is 11.4 Å². The summed E-state index contributed by atoms with van der Waals surface area (Å²) in [5.74, 6) is -1.21. The van der Waals surface area contributed by atoms with E-state index in [1.54, 1.807) is 20.8 Å². The van der Waals surface area contributed by atoms with Crippen LogP contribution in [0.25, 0.3) is 15.3 Å². The van der Waals surface area contributed by atoms with Crippen LogP contribution < -0.4 is 5.32 Å². The van der Waals surface area contributed by atoms with E-state index < -0.39 is 17.7 Å². The van der Waals surface area contributed by atoms with E-state index in [1.165, 1.54) is 22.2 Å². The number of carbonyl (C=O) groups excluding carboxylic acids is 1. The lowest BCUT2D eigenvalue weighted by Crippen LogP contribution is -2.28. The number of hydrogen-bond donors (Lipinski definition) is 2. The molecule has 0 radical (unpaired) electrons. The maximum absolute atomic E-state index is 12.1. The molecule has 3 aromatic rings. The standard InChI is InChI=1S/C16H16N4O4S/c1-16(2,3)24-15(23)19-12-9(13(21)22)8-17-20(12)14-18-10-6-4-5-7-11(10)25-14/h4-8H,1-3H3,(H,19,23)(H,21,22). The number of carbonyl (C=O) groups is 2. The van der Waals surface area contributed by atoms with Crippen LogP contribution in [0, 0.1) is 0 Å². The van der Waals surface area contributed by atoms with Crippen LogP contribution >= 0.6 is 11.3 Å². The molecule has 0 aliphatic heterocycles. The summed E-state index contributed by atoms with van der Waals surface area (Å²) in [5, 5.41) is 16.3. The summed E-state index contributed by atoms with van der Waals surface area (Å²) in [6.45, 7) is 5.15. The Labute approximate surface area is 147 Å². The number of anilines is 1. The quantitative estimate of drug-likeness (QED) is 0.740. The van der Waals surface area contributed by atoms with Crippen molar-refractivity contribution in [1.29, 1.82) is 0 Å². The molecule has 0 saturated heterocycles. The maximum Gasteiger partial charge on any atom is 0.413 e. The molecule has 1 aromatic carbocycles. The van der Waals surface area contributed by atoms with Crippen LogP contribution in [0.2, 0.25) is 0 Å². The molecule has 25 heavy (non-hydrogen) atoms. The van der Waals surface area contributed by atoms with Crippen LogP contribution in [0.15, 0.2) is 30.5 Å². The van der Waals surface area contributed by atoms with Crippen molar-refractivity contribution in [2.24, 2.45) is 0 Å². The molecule has 0 unspecified atom stereocenters. The number of carboxylic acids is 1. The zero-order valence-corrected chi connectivity index (χ0v) is 14.6. The van der Waals surface area contributed by atoms with Crippen molar-refractivity contribution in [3.05, 3.63) is 36.0 Å². The number of benzene rings is 1. The number of hydrogen-bond acceptors (Lipinski definition) is 6. The molecule has 1 amide bonds. The van der Waals surface area contributed by atoms with E-state index in [2.05, 4.69) is 15.4 Å². The zero-order valence-electron chi connectivity index (χ0n) is 13.8. The van der Waals surface area contributed by atoms with E-state index in [0.29, 0.717) is 5.13 Å². The fraction of sp³-hybridized carbons (Fsp3) is 0.250. The highest BCUT2D eigenvalue weighted by Crippen LogP contribution is 2.28. The molecule has 9 heteroatoms. The van der Waals surface area contributed by atoms with Gasteiger partial charge in [-0.15, -0.1) is 0 Å². The van der Waals surface area contributed by atoms with Crippen molar-refractivity contribution in [2.45, 2.75) is 26.4 Å². The fourth-order valence-electron chi connectivity index (χ4n) is 2.12. The highest BCUT2D eigenvalue weighted by Gasteiger charge is 2.24. The predicted octanol–water partition coefficient (Wildman–Crippen LogP) is 3.53. The Hall–Kier alpha value is -2.94. The van der Waals surface area contributed by atoms with Gasteiger partial charge in [0.15, 0.2) is 5.82 Å². The smallest absolute Gasteiger partial charge is 0.413 e. The molecule has 8 nitrogen and oxygen atoms in total. The van der Waals surface area contributed by atoms with Crippen molar-refractivity contribution in [3.8, 4) is 5.13 Å². The molecule has 0 atom stereocenters. The molecule has 3 rings (SSSR count). The van der Waals surface area contributed by atoms with Crippen molar-refractivity contribution in [2.75, 3.05) is 5.32 Å². The normalized spacial score (nSPS) is 11.5. The lowest BCUT2D eigenvalue weighted by molar-refractivity contribution is 0.0635. The second-order valence-corrected chi connectivity index (χ2v) is 7.22. The average molecular weight is 360 g/mol. The number of aromatic carboxylic acids is 1. The van der Waals surface area contributed by atoms with E-state index in [0.717, 1.165) is 10.2 Å². The fourth-order valence-corrected chi connectivity index (χ4v) is 3.05. The molecule has 2 N–H and O–H groups in total. The minimum absolute atomic E-state index is 0.000746. The van der Waals surface area contributed by atoms with Crippen molar-refractivity contribution < 1.29 is 19.4 Å². The Bertz CT molecular complexity index is 922. The number of amides is 1.